The molecule has 2 rings (SSSR count). The molecule has 0 heterocycles. The lowest BCUT2D eigenvalue weighted by Crippen LogP contribution is -1.96. The van der Waals surface area contributed by atoms with E-state index in [1.807, 2.05) is 42.5 Å². The van der Waals surface area contributed by atoms with E-state index in [0.29, 0.717) is 0 Å². The second-order valence-corrected chi connectivity index (χ2v) is 5.63. The van der Waals surface area contributed by atoms with Gasteiger partial charge in [0.2, 0.25) is 0 Å². The van der Waals surface area contributed by atoms with Gasteiger partial charge >= 0.3 is 5.97 Å². The number of carbonyl (C=O) groups excluding carboxylic acids is 1. The van der Waals surface area contributed by atoms with E-state index >= 15 is 0 Å². The highest BCUT2D eigenvalue weighted by Crippen LogP contribution is 2.31. The maximum Gasteiger partial charge on any atom is 0.331 e. The molecule has 0 unspecified atom stereocenters. The third kappa shape index (κ3) is 4.50. The summed E-state index contributed by atoms with van der Waals surface area (Å²) in [5, 5.41) is 0. The van der Waals surface area contributed by atoms with Crippen LogP contribution in [0.15, 0.2) is 60.7 Å². The van der Waals surface area contributed by atoms with Gasteiger partial charge in [-0.2, -0.15) is 0 Å². The number of esters is 1. The number of hydrogen-bond donors (Lipinski definition) is 0. The predicted octanol–water partition coefficient (Wildman–Crippen LogP) is 4.44. The zero-order chi connectivity index (χ0) is 15.1. The van der Waals surface area contributed by atoms with Crippen molar-refractivity contribution in [1.29, 1.82) is 0 Å². The molecule has 0 aliphatic carbocycles. The minimum absolute atomic E-state index is 0.328. The molecule has 0 radical (unpaired) electrons. The van der Waals surface area contributed by atoms with Crippen molar-refractivity contribution in [3.05, 3.63) is 77.4 Å². The number of ether oxygens (including phenoxy) is 1. The maximum atomic E-state index is 11.6. The van der Waals surface area contributed by atoms with Crippen LogP contribution < -0.4 is 0 Å². The highest BCUT2D eigenvalue weighted by molar-refractivity contribution is 8.07. The van der Waals surface area contributed by atoms with Crippen molar-refractivity contribution in [3.8, 4) is 0 Å². The Morgan fingerprint density at radius 2 is 1.76 bits per heavy atom. The van der Waals surface area contributed by atoms with Crippen LogP contribution in [-0.2, 0) is 15.3 Å². The van der Waals surface area contributed by atoms with E-state index in [4.69, 9.17) is 4.74 Å². The summed E-state index contributed by atoms with van der Waals surface area (Å²) in [6.45, 7) is 2.10. The Morgan fingerprint density at radius 3 is 2.43 bits per heavy atom. The normalized spacial score (nSPS) is 11.2. The molecular weight excluding hydrogens is 280 g/mol. The maximum absolute atomic E-state index is 11.6. The molecule has 0 aromatic heterocycles. The number of rotatable bonds is 5. The van der Waals surface area contributed by atoms with E-state index < -0.39 is 0 Å². The van der Waals surface area contributed by atoms with Crippen LogP contribution in [0.3, 0.4) is 0 Å². The van der Waals surface area contributed by atoms with Crippen LogP contribution in [0.1, 0.15) is 16.7 Å². The fraction of sp³-hybridized carbons (Fsp3) is 0.167. The summed E-state index contributed by atoms with van der Waals surface area (Å²) in [7, 11) is 1.40. The predicted molar refractivity (Wildman–Crippen MR) is 88.9 cm³/mol. The summed E-state index contributed by atoms with van der Waals surface area (Å²) < 4.78 is 4.75. The van der Waals surface area contributed by atoms with Gasteiger partial charge in [-0.1, -0.05) is 54.6 Å². The van der Waals surface area contributed by atoms with Gasteiger partial charge in [0.25, 0.3) is 0 Å². The molecule has 108 valence electrons. The molecule has 0 aliphatic rings. The van der Waals surface area contributed by atoms with E-state index in [-0.39, 0.29) is 5.97 Å². The van der Waals surface area contributed by atoms with Crippen molar-refractivity contribution < 1.29 is 9.53 Å². The second kappa shape index (κ2) is 7.70. The van der Waals surface area contributed by atoms with E-state index in [1.165, 1.54) is 18.2 Å². The molecule has 2 aromatic rings. The largest absolute Gasteiger partial charge is 0.466 e. The number of benzene rings is 2. The van der Waals surface area contributed by atoms with Crippen LogP contribution in [0.4, 0.5) is 0 Å². The van der Waals surface area contributed by atoms with Crippen LogP contribution in [0.2, 0.25) is 0 Å². The van der Waals surface area contributed by atoms with E-state index in [1.54, 1.807) is 17.8 Å². The lowest BCUT2D eigenvalue weighted by molar-refractivity contribution is -0.134. The SMILES string of the molecule is COC(=O)/C=C(/SCc1ccccc1C)c1ccccc1. The van der Waals surface area contributed by atoms with Crippen LogP contribution in [0, 0.1) is 6.92 Å². The number of thioether (sulfide) groups is 1. The van der Waals surface area contributed by atoms with Gasteiger partial charge in [0, 0.05) is 16.7 Å². The summed E-state index contributed by atoms with van der Waals surface area (Å²) in [6, 6.07) is 18.2. The van der Waals surface area contributed by atoms with Gasteiger partial charge < -0.3 is 4.74 Å². The molecule has 3 heteroatoms. The summed E-state index contributed by atoms with van der Waals surface area (Å²) >= 11 is 1.65. The standard InChI is InChI=1S/C18H18O2S/c1-14-8-6-7-11-16(14)13-21-17(12-18(19)20-2)15-9-4-3-5-10-15/h3-12H,13H2,1-2H3/b17-12+. The molecule has 0 aliphatic heterocycles. The average Bonchev–Trinajstić information content (AvgIpc) is 2.53. The molecule has 0 amide bonds. The van der Waals surface area contributed by atoms with Crippen molar-refractivity contribution >= 4 is 22.6 Å². The lowest BCUT2D eigenvalue weighted by atomic mass is 10.1. The third-order valence-electron chi connectivity index (χ3n) is 3.15. The minimum atomic E-state index is -0.328. The molecule has 0 saturated heterocycles. The Labute approximate surface area is 129 Å². The highest BCUT2D eigenvalue weighted by atomic mass is 32.2. The Morgan fingerprint density at radius 1 is 1.10 bits per heavy atom. The first-order valence-electron chi connectivity index (χ1n) is 6.73. The number of methoxy groups -OCH3 is 1. The Hall–Kier alpha value is -2.00. The van der Waals surface area contributed by atoms with Crippen LogP contribution >= 0.6 is 11.8 Å². The van der Waals surface area contributed by atoms with E-state index in [2.05, 4.69) is 19.1 Å². The quantitative estimate of drug-likeness (QED) is 0.603. The minimum Gasteiger partial charge on any atom is -0.466 e. The van der Waals surface area contributed by atoms with Gasteiger partial charge in [0.05, 0.1) is 7.11 Å². The molecule has 21 heavy (non-hydrogen) atoms. The summed E-state index contributed by atoms with van der Waals surface area (Å²) in [6.07, 6.45) is 1.55. The Balaban J connectivity index is 2.20. The zero-order valence-electron chi connectivity index (χ0n) is 12.2. The van der Waals surface area contributed by atoms with Gasteiger partial charge in [0.1, 0.15) is 0 Å². The molecule has 0 saturated carbocycles. The fourth-order valence-corrected chi connectivity index (χ4v) is 3.02. The molecule has 0 atom stereocenters. The van der Waals surface area contributed by atoms with Crippen LogP contribution in [-0.4, -0.2) is 13.1 Å². The number of hydrogen-bond acceptors (Lipinski definition) is 3. The zero-order valence-corrected chi connectivity index (χ0v) is 13.0. The average molecular weight is 298 g/mol. The van der Waals surface area contributed by atoms with Crippen molar-refractivity contribution in [2.75, 3.05) is 7.11 Å². The summed E-state index contributed by atoms with van der Waals surface area (Å²) in [5.74, 6) is 0.496. The first kappa shape index (κ1) is 15.4. The molecule has 2 nitrogen and oxygen atoms in total. The monoisotopic (exact) mass is 298 g/mol. The Kier molecular flexibility index (Phi) is 5.64. The topological polar surface area (TPSA) is 26.3 Å². The van der Waals surface area contributed by atoms with Crippen molar-refractivity contribution in [2.45, 2.75) is 12.7 Å². The second-order valence-electron chi connectivity index (χ2n) is 4.61. The van der Waals surface area contributed by atoms with Gasteiger partial charge in [-0.15, -0.1) is 11.8 Å². The van der Waals surface area contributed by atoms with Crippen molar-refractivity contribution in [2.24, 2.45) is 0 Å². The van der Waals surface area contributed by atoms with Crippen LogP contribution in [0.25, 0.3) is 4.91 Å². The highest BCUT2D eigenvalue weighted by Gasteiger charge is 2.07. The summed E-state index contributed by atoms with van der Waals surface area (Å²) in [4.78, 5) is 12.5. The van der Waals surface area contributed by atoms with E-state index in [9.17, 15) is 4.79 Å². The molecular formula is C18H18O2S. The Bertz CT molecular complexity index is 633. The molecule has 0 fully saturated rings. The number of carbonyl (C=O) groups is 1. The van der Waals surface area contributed by atoms with Crippen molar-refractivity contribution in [3.63, 3.8) is 0 Å². The third-order valence-corrected chi connectivity index (χ3v) is 4.27. The van der Waals surface area contributed by atoms with Gasteiger partial charge in [-0.05, 0) is 23.6 Å². The van der Waals surface area contributed by atoms with Crippen LogP contribution in [0.5, 0.6) is 0 Å². The van der Waals surface area contributed by atoms with Crippen molar-refractivity contribution in [1.82, 2.24) is 0 Å². The molecule has 0 spiro atoms. The first-order valence-corrected chi connectivity index (χ1v) is 7.71. The summed E-state index contributed by atoms with van der Waals surface area (Å²) in [5.41, 5.74) is 3.56. The lowest BCUT2D eigenvalue weighted by Gasteiger charge is -2.09. The van der Waals surface area contributed by atoms with Gasteiger partial charge in [0.15, 0.2) is 0 Å². The van der Waals surface area contributed by atoms with Gasteiger partial charge in [-0.25, -0.2) is 4.79 Å². The molecule has 2 aromatic carbocycles. The first-order chi connectivity index (χ1) is 10.2. The molecule has 0 bridgehead atoms. The van der Waals surface area contributed by atoms with E-state index in [0.717, 1.165) is 16.2 Å². The fourth-order valence-electron chi connectivity index (χ4n) is 1.90. The smallest absolute Gasteiger partial charge is 0.331 e. The molecule has 0 N–H and O–H groups in total. The number of aryl methyl sites for hydroxylation is 1. The van der Waals surface area contributed by atoms with Gasteiger partial charge in [-0.3, -0.25) is 0 Å².